The largest absolute Gasteiger partial charge is 0.293 e. The van der Waals surface area contributed by atoms with E-state index < -0.39 is 0 Å². The van der Waals surface area contributed by atoms with Crippen molar-refractivity contribution in [3.05, 3.63) is 23.3 Å². The standard InChI is InChI=1S/C12H19N/c1-4-11-6-5-7-13-9-12(8-11)10(2)3/h4,8-10H,5-7H2,1-3H3/b11-4+,12-8+,13-9?. The summed E-state index contributed by atoms with van der Waals surface area (Å²) < 4.78 is 0. The van der Waals surface area contributed by atoms with Gasteiger partial charge in [-0.25, -0.2) is 0 Å². The van der Waals surface area contributed by atoms with Gasteiger partial charge in [-0.1, -0.05) is 31.6 Å². The first-order valence-corrected chi connectivity index (χ1v) is 5.10. The van der Waals surface area contributed by atoms with Crippen LogP contribution in [0, 0.1) is 5.92 Å². The molecule has 0 atom stereocenters. The third-order valence-corrected chi connectivity index (χ3v) is 2.38. The van der Waals surface area contributed by atoms with Gasteiger partial charge in [0.05, 0.1) is 0 Å². The minimum absolute atomic E-state index is 0.580. The van der Waals surface area contributed by atoms with Gasteiger partial charge in [0.15, 0.2) is 0 Å². The molecule has 0 aromatic rings. The second-order valence-corrected chi connectivity index (χ2v) is 3.80. The van der Waals surface area contributed by atoms with E-state index in [2.05, 4.69) is 37.9 Å². The summed E-state index contributed by atoms with van der Waals surface area (Å²) in [5, 5.41) is 0. The van der Waals surface area contributed by atoms with Gasteiger partial charge in [-0.2, -0.15) is 0 Å². The Morgan fingerprint density at radius 2 is 2.23 bits per heavy atom. The third kappa shape index (κ3) is 3.17. The van der Waals surface area contributed by atoms with Crippen LogP contribution in [0.1, 0.15) is 33.6 Å². The van der Waals surface area contributed by atoms with Gasteiger partial charge in [0, 0.05) is 12.8 Å². The highest BCUT2D eigenvalue weighted by Gasteiger charge is 2.03. The van der Waals surface area contributed by atoms with E-state index in [0.29, 0.717) is 5.92 Å². The second kappa shape index (κ2) is 5.00. The Balaban J connectivity index is 2.87. The molecule has 0 unspecified atom stereocenters. The minimum atomic E-state index is 0.580. The highest BCUT2D eigenvalue weighted by Crippen LogP contribution is 2.16. The fraction of sp³-hybridized carbons (Fsp3) is 0.583. The van der Waals surface area contributed by atoms with Gasteiger partial charge in [0.2, 0.25) is 0 Å². The monoisotopic (exact) mass is 177 g/mol. The molecule has 72 valence electrons. The smallest absolute Gasteiger partial charge is 0.0392 e. The maximum Gasteiger partial charge on any atom is 0.0392 e. The van der Waals surface area contributed by atoms with Crippen molar-refractivity contribution < 1.29 is 0 Å². The molecule has 1 rings (SSSR count). The summed E-state index contributed by atoms with van der Waals surface area (Å²) in [7, 11) is 0. The van der Waals surface area contributed by atoms with Crippen LogP contribution >= 0.6 is 0 Å². The normalized spacial score (nSPS) is 25.5. The van der Waals surface area contributed by atoms with E-state index in [4.69, 9.17) is 0 Å². The highest BCUT2D eigenvalue weighted by molar-refractivity contribution is 5.80. The summed E-state index contributed by atoms with van der Waals surface area (Å²) in [5.74, 6) is 0.580. The number of nitrogens with zero attached hydrogens (tertiary/aromatic N) is 1. The van der Waals surface area contributed by atoms with Crippen molar-refractivity contribution in [1.82, 2.24) is 0 Å². The molecular formula is C12H19N. The van der Waals surface area contributed by atoms with Crippen LogP contribution in [0.4, 0.5) is 0 Å². The van der Waals surface area contributed by atoms with Crippen LogP contribution < -0.4 is 0 Å². The molecule has 0 radical (unpaired) electrons. The Morgan fingerprint density at radius 3 is 2.85 bits per heavy atom. The molecule has 1 aliphatic heterocycles. The summed E-state index contributed by atoms with van der Waals surface area (Å²) in [6, 6.07) is 0. The third-order valence-electron chi connectivity index (χ3n) is 2.38. The number of rotatable bonds is 1. The van der Waals surface area contributed by atoms with Gasteiger partial charge in [0.25, 0.3) is 0 Å². The SMILES string of the molecule is C/C=C1/C=C(/C(C)C)C=NCCC1. The number of hydrogen-bond acceptors (Lipinski definition) is 1. The fourth-order valence-electron chi connectivity index (χ4n) is 1.41. The zero-order valence-electron chi connectivity index (χ0n) is 8.88. The summed E-state index contributed by atoms with van der Waals surface area (Å²) in [6.45, 7) is 7.52. The van der Waals surface area contributed by atoms with E-state index in [0.717, 1.165) is 6.54 Å². The van der Waals surface area contributed by atoms with E-state index in [1.165, 1.54) is 24.0 Å². The van der Waals surface area contributed by atoms with Crippen molar-refractivity contribution in [2.24, 2.45) is 10.9 Å². The topological polar surface area (TPSA) is 12.4 Å². The Bertz CT molecular complexity index is 244. The van der Waals surface area contributed by atoms with Gasteiger partial charge in [0.1, 0.15) is 0 Å². The molecule has 13 heavy (non-hydrogen) atoms. The molecule has 0 amide bonds. The predicted octanol–water partition coefficient (Wildman–Crippen LogP) is 3.38. The molecule has 0 N–H and O–H groups in total. The van der Waals surface area contributed by atoms with E-state index >= 15 is 0 Å². The zero-order valence-corrected chi connectivity index (χ0v) is 8.88. The van der Waals surface area contributed by atoms with Crippen LogP contribution in [0.5, 0.6) is 0 Å². The molecule has 1 nitrogen and oxygen atoms in total. The summed E-state index contributed by atoms with van der Waals surface area (Å²) in [4.78, 5) is 4.38. The van der Waals surface area contributed by atoms with Gasteiger partial charge < -0.3 is 0 Å². The van der Waals surface area contributed by atoms with Gasteiger partial charge >= 0.3 is 0 Å². The molecule has 1 heteroatoms. The quantitative estimate of drug-likeness (QED) is 0.582. The Morgan fingerprint density at radius 1 is 1.46 bits per heavy atom. The lowest BCUT2D eigenvalue weighted by Gasteiger charge is -2.10. The maximum atomic E-state index is 4.38. The predicted molar refractivity (Wildman–Crippen MR) is 59.3 cm³/mol. The van der Waals surface area contributed by atoms with Crippen LogP contribution in [0.2, 0.25) is 0 Å². The summed E-state index contributed by atoms with van der Waals surface area (Å²) >= 11 is 0. The van der Waals surface area contributed by atoms with Gasteiger partial charge in [-0.15, -0.1) is 0 Å². The van der Waals surface area contributed by atoms with Crippen molar-refractivity contribution >= 4 is 6.21 Å². The average molecular weight is 177 g/mol. The molecular weight excluding hydrogens is 158 g/mol. The lowest BCUT2D eigenvalue weighted by atomic mass is 9.98. The first-order valence-electron chi connectivity index (χ1n) is 5.10. The Kier molecular flexibility index (Phi) is 3.94. The van der Waals surface area contributed by atoms with Crippen molar-refractivity contribution in [3.8, 4) is 0 Å². The van der Waals surface area contributed by atoms with E-state index in [9.17, 15) is 0 Å². The molecule has 0 saturated carbocycles. The van der Waals surface area contributed by atoms with Crippen LogP contribution in [-0.4, -0.2) is 12.8 Å². The van der Waals surface area contributed by atoms with Gasteiger partial charge in [-0.05, 0) is 31.3 Å². The molecule has 0 aromatic heterocycles. The Labute approximate surface area is 81.3 Å². The number of allylic oxidation sites excluding steroid dienone is 4. The first-order chi connectivity index (χ1) is 6.24. The fourth-order valence-corrected chi connectivity index (χ4v) is 1.41. The lowest BCUT2D eigenvalue weighted by molar-refractivity contribution is 0.783. The van der Waals surface area contributed by atoms with E-state index in [-0.39, 0.29) is 0 Å². The minimum Gasteiger partial charge on any atom is -0.293 e. The Hall–Kier alpha value is -0.850. The molecule has 0 spiro atoms. The number of hydrogen-bond donors (Lipinski definition) is 0. The molecule has 1 heterocycles. The van der Waals surface area contributed by atoms with Crippen LogP contribution in [0.15, 0.2) is 28.3 Å². The molecule has 1 aliphatic rings. The van der Waals surface area contributed by atoms with Crippen molar-refractivity contribution in [3.63, 3.8) is 0 Å². The lowest BCUT2D eigenvalue weighted by Crippen LogP contribution is -2.00. The molecule has 0 bridgehead atoms. The molecule has 0 aliphatic carbocycles. The molecule has 0 saturated heterocycles. The van der Waals surface area contributed by atoms with Crippen LogP contribution in [0.3, 0.4) is 0 Å². The van der Waals surface area contributed by atoms with Crippen LogP contribution in [-0.2, 0) is 0 Å². The van der Waals surface area contributed by atoms with Crippen LogP contribution in [0.25, 0.3) is 0 Å². The number of aliphatic imine (C=N–C) groups is 1. The second-order valence-electron chi connectivity index (χ2n) is 3.80. The van der Waals surface area contributed by atoms with E-state index in [1.54, 1.807) is 0 Å². The average Bonchev–Trinajstić information content (AvgIpc) is 2.03. The first kappa shape index (κ1) is 10.2. The zero-order chi connectivity index (χ0) is 9.68. The highest BCUT2D eigenvalue weighted by atomic mass is 14.7. The van der Waals surface area contributed by atoms with E-state index in [1.807, 2.05) is 6.21 Å². The van der Waals surface area contributed by atoms with Crippen molar-refractivity contribution in [2.75, 3.05) is 6.54 Å². The molecule has 0 fully saturated rings. The van der Waals surface area contributed by atoms with Gasteiger partial charge in [-0.3, -0.25) is 4.99 Å². The summed E-state index contributed by atoms with van der Waals surface area (Å²) in [5.41, 5.74) is 2.81. The van der Waals surface area contributed by atoms with Crippen molar-refractivity contribution in [2.45, 2.75) is 33.6 Å². The van der Waals surface area contributed by atoms with Crippen molar-refractivity contribution in [1.29, 1.82) is 0 Å². The maximum absolute atomic E-state index is 4.38. The molecule has 0 aromatic carbocycles. The summed E-state index contributed by atoms with van der Waals surface area (Å²) in [6.07, 6.45) is 8.88.